The summed E-state index contributed by atoms with van der Waals surface area (Å²) in [5.74, 6) is -1.02. The number of benzene rings is 3. The minimum atomic E-state index is -0.578. The quantitative estimate of drug-likeness (QED) is 0.162. The molecule has 4 rings (SSSR count). The fourth-order valence-corrected chi connectivity index (χ4v) is 4.77. The van der Waals surface area contributed by atoms with Crippen LogP contribution in [0.3, 0.4) is 0 Å². The molecule has 0 saturated carbocycles. The Morgan fingerprint density at radius 3 is 1.98 bits per heavy atom. The lowest BCUT2D eigenvalue weighted by atomic mass is 9.90. The third-order valence-corrected chi connectivity index (χ3v) is 7.00. The summed E-state index contributed by atoms with van der Waals surface area (Å²) in [5, 5.41) is 0. The van der Waals surface area contributed by atoms with Gasteiger partial charge in [0.15, 0.2) is 0 Å². The van der Waals surface area contributed by atoms with Crippen LogP contribution < -0.4 is 9.47 Å². The van der Waals surface area contributed by atoms with Gasteiger partial charge in [-0.1, -0.05) is 50.1 Å². The highest BCUT2D eigenvalue weighted by molar-refractivity contribution is 5.92. The van der Waals surface area contributed by atoms with E-state index in [0.29, 0.717) is 11.1 Å². The van der Waals surface area contributed by atoms with E-state index in [4.69, 9.17) is 14.2 Å². The van der Waals surface area contributed by atoms with Gasteiger partial charge in [0.2, 0.25) is 0 Å². The Balaban J connectivity index is 1.70. The number of hydrogen-bond acceptors (Lipinski definition) is 6. The van der Waals surface area contributed by atoms with Gasteiger partial charge in [-0.25, -0.2) is 14.4 Å². The third-order valence-electron chi connectivity index (χ3n) is 7.00. The Morgan fingerprint density at radius 2 is 1.32 bits per heavy atom. The lowest BCUT2D eigenvalue weighted by molar-refractivity contribution is -0.144. The number of rotatable bonds is 8. The van der Waals surface area contributed by atoms with Crippen LogP contribution in [0, 0.1) is 13.8 Å². The molecule has 6 heteroatoms. The largest absolute Gasteiger partial charge is 0.454 e. The highest BCUT2D eigenvalue weighted by Crippen LogP contribution is 2.41. The lowest BCUT2D eigenvalue weighted by Crippen LogP contribution is -2.11. The average Bonchev–Trinajstić information content (AvgIpc) is 3.31. The zero-order valence-corrected chi connectivity index (χ0v) is 24.2. The van der Waals surface area contributed by atoms with Crippen LogP contribution in [0.4, 0.5) is 0 Å². The molecule has 0 aromatic heterocycles. The summed E-state index contributed by atoms with van der Waals surface area (Å²) in [6.07, 6.45) is 1.32. The molecular formula is C35H34O6. The van der Waals surface area contributed by atoms with Crippen LogP contribution in [0.1, 0.15) is 55.5 Å². The van der Waals surface area contributed by atoms with Crippen LogP contribution in [0.2, 0.25) is 0 Å². The van der Waals surface area contributed by atoms with Crippen molar-refractivity contribution in [3.05, 3.63) is 107 Å². The third kappa shape index (κ3) is 6.38. The molecule has 3 aromatic rings. The normalized spacial score (nSPS) is 13.6. The molecule has 0 saturated heterocycles. The number of esters is 3. The molecule has 3 aromatic carbocycles. The molecule has 0 aliphatic heterocycles. The molecule has 6 nitrogen and oxygen atoms in total. The predicted octanol–water partition coefficient (Wildman–Crippen LogP) is 7.71. The summed E-state index contributed by atoms with van der Waals surface area (Å²) >= 11 is 0. The van der Waals surface area contributed by atoms with Crippen molar-refractivity contribution in [1.82, 2.24) is 0 Å². The minimum Gasteiger partial charge on any atom is -0.454 e. The van der Waals surface area contributed by atoms with E-state index >= 15 is 0 Å². The predicted molar refractivity (Wildman–Crippen MR) is 160 cm³/mol. The molecule has 41 heavy (non-hydrogen) atoms. The molecule has 0 N–H and O–H groups in total. The second-order valence-electron chi connectivity index (χ2n) is 10.6. The zero-order valence-electron chi connectivity index (χ0n) is 24.2. The first kappa shape index (κ1) is 29.3. The Kier molecular flexibility index (Phi) is 8.43. The highest BCUT2D eigenvalue weighted by Gasteiger charge is 2.27. The number of carbonyl (C=O) groups is 3. The maximum Gasteiger partial charge on any atom is 0.338 e. The summed E-state index contributed by atoms with van der Waals surface area (Å²) < 4.78 is 16.7. The molecule has 1 unspecified atom stereocenters. The van der Waals surface area contributed by atoms with Crippen molar-refractivity contribution < 1.29 is 28.6 Å². The molecular weight excluding hydrogens is 516 g/mol. The minimum absolute atomic E-state index is 0.239. The van der Waals surface area contributed by atoms with Gasteiger partial charge < -0.3 is 14.2 Å². The van der Waals surface area contributed by atoms with E-state index in [1.807, 2.05) is 19.9 Å². The van der Waals surface area contributed by atoms with Crippen molar-refractivity contribution in [2.75, 3.05) is 0 Å². The monoisotopic (exact) mass is 550 g/mol. The van der Waals surface area contributed by atoms with Crippen molar-refractivity contribution in [3.8, 4) is 33.8 Å². The molecule has 0 fully saturated rings. The van der Waals surface area contributed by atoms with Gasteiger partial charge in [0.05, 0.1) is 0 Å². The van der Waals surface area contributed by atoms with E-state index in [1.165, 1.54) is 6.07 Å². The summed E-state index contributed by atoms with van der Waals surface area (Å²) in [6.45, 7) is 19.8. The summed E-state index contributed by atoms with van der Waals surface area (Å²) in [4.78, 5) is 36.6. The van der Waals surface area contributed by atoms with Crippen molar-refractivity contribution >= 4 is 17.9 Å². The molecule has 0 radical (unpaired) electrons. The number of ether oxygens (including phenoxy) is 3. The van der Waals surface area contributed by atoms with Crippen LogP contribution in [0.25, 0.3) is 22.3 Å². The average molecular weight is 551 g/mol. The molecule has 0 bridgehead atoms. The van der Waals surface area contributed by atoms with Gasteiger partial charge in [0.25, 0.3) is 0 Å². The first-order valence-corrected chi connectivity index (χ1v) is 13.4. The van der Waals surface area contributed by atoms with Gasteiger partial charge >= 0.3 is 17.9 Å². The van der Waals surface area contributed by atoms with E-state index in [2.05, 4.69) is 44.0 Å². The van der Waals surface area contributed by atoms with E-state index < -0.39 is 11.9 Å². The van der Waals surface area contributed by atoms with E-state index in [9.17, 15) is 14.4 Å². The van der Waals surface area contributed by atoms with Crippen molar-refractivity contribution in [2.45, 2.75) is 53.6 Å². The van der Waals surface area contributed by atoms with Crippen LogP contribution in [-0.4, -0.2) is 17.9 Å². The molecule has 0 amide bonds. The van der Waals surface area contributed by atoms with Crippen molar-refractivity contribution in [1.29, 1.82) is 0 Å². The zero-order chi connectivity index (χ0) is 30.0. The van der Waals surface area contributed by atoms with Gasteiger partial charge in [-0.3, -0.25) is 0 Å². The van der Waals surface area contributed by atoms with Crippen molar-refractivity contribution in [2.24, 2.45) is 0 Å². The van der Waals surface area contributed by atoms with Crippen molar-refractivity contribution in [3.63, 3.8) is 0 Å². The summed E-state index contributed by atoms with van der Waals surface area (Å²) in [6, 6.07) is 15.4. The lowest BCUT2D eigenvalue weighted by Gasteiger charge is -2.17. The maximum atomic E-state index is 12.5. The Bertz CT molecular complexity index is 1620. The fraction of sp³-hybridized carbons (Fsp3) is 0.229. The number of carbonyl (C=O) groups excluding carboxylic acids is 3. The van der Waals surface area contributed by atoms with Gasteiger partial charge in [0.1, 0.15) is 17.6 Å². The number of hydrogen-bond donors (Lipinski definition) is 0. The number of aryl methyl sites for hydroxylation is 3. The second-order valence-corrected chi connectivity index (χ2v) is 10.6. The van der Waals surface area contributed by atoms with Crippen LogP contribution in [-0.2, 0) is 25.5 Å². The number of fused-ring (bicyclic) bond motifs is 1. The highest BCUT2D eigenvalue weighted by atomic mass is 16.6. The van der Waals surface area contributed by atoms with Gasteiger partial charge in [-0.2, -0.15) is 0 Å². The Labute approximate surface area is 241 Å². The standard InChI is InChI=1S/C35H34O6/c1-19(2)33(36)39-26-11-13-28(32(18-26)41-35(38)21(5)6)30-16-22(7)29(15-23(30)8)25-9-12-27-24(17-25)10-14-31(27)40-34(37)20(3)4/h9,11-13,15-18,31H,1,3,5,10,14H2,2,4,6-8H3. The van der Waals surface area contributed by atoms with Crippen LogP contribution >= 0.6 is 0 Å². The Morgan fingerprint density at radius 1 is 0.707 bits per heavy atom. The van der Waals surface area contributed by atoms with Gasteiger partial charge in [-0.05, 0) is 98.5 Å². The van der Waals surface area contributed by atoms with E-state index in [-0.39, 0.29) is 34.7 Å². The maximum absolute atomic E-state index is 12.5. The van der Waals surface area contributed by atoms with Crippen LogP contribution in [0.15, 0.2) is 85.0 Å². The molecule has 210 valence electrons. The summed E-state index contributed by atoms with van der Waals surface area (Å²) in [5.41, 5.74) is 8.79. The molecule has 1 aliphatic rings. The smallest absolute Gasteiger partial charge is 0.338 e. The molecule has 0 spiro atoms. The first-order chi connectivity index (χ1) is 19.3. The topological polar surface area (TPSA) is 78.9 Å². The van der Waals surface area contributed by atoms with Gasteiger partial charge in [-0.15, -0.1) is 0 Å². The molecule has 1 atom stereocenters. The van der Waals surface area contributed by atoms with E-state index in [0.717, 1.165) is 51.8 Å². The summed E-state index contributed by atoms with van der Waals surface area (Å²) in [7, 11) is 0. The first-order valence-electron chi connectivity index (χ1n) is 13.4. The SMILES string of the molecule is C=C(C)C(=O)Oc1ccc(-c2cc(C)c(-c3ccc4c(c3)CCC4OC(=O)C(=C)C)cc2C)c(OC(=O)C(=C)C)c1. The Hall–Kier alpha value is -4.71. The van der Waals surface area contributed by atoms with E-state index in [1.54, 1.807) is 32.9 Å². The van der Waals surface area contributed by atoms with Gasteiger partial charge in [0, 0.05) is 28.3 Å². The second kappa shape index (κ2) is 11.8. The molecule has 1 aliphatic carbocycles. The molecule has 0 heterocycles. The van der Waals surface area contributed by atoms with Crippen LogP contribution in [0.5, 0.6) is 11.5 Å². The fourth-order valence-electron chi connectivity index (χ4n) is 4.77.